The Morgan fingerprint density at radius 1 is 1.26 bits per heavy atom. The number of ether oxygens (including phenoxy) is 1. The third-order valence-electron chi connectivity index (χ3n) is 4.14. The molecule has 0 radical (unpaired) electrons. The van der Waals surface area contributed by atoms with Crippen LogP contribution < -0.4 is 0 Å². The summed E-state index contributed by atoms with van der Waals surface area (Å²) in [7, 11) is -3.86. The van der Waals surface area contributed by atoms with Crippen LogP contribution in [0.2, 0.25) is 0 Å². The molecule has 2 aliphatic rings. The Morgan fingerprint density at radius 2 is 1.91 bits per heavy atom. The topological polar surface area (TPSA) is 84.0 Å². The van der Waals surface area contributed by atoms with Crippen molar-refractivity contribution in [2.75, 3.05) is 32.8 Å². The van der Waals surface area contributed by atoms with Crippen molar-refractivity contribution in [3.8, 4) is 0 Å². The summed E-state index contributed by atoms with van der Waals surface area (Å²) in [6.45, 7) is 3.19. The first-order valence-electron chi connectivity index (χ1n) is 7.50. The molecule has 8 heteroatoms. The Hall–Kier alpha value is -1.77. The number of amides is 1. The summed E-state index contributed by atoms with van der Waals surface area (Å²) in [5.74, 6) is -0.938. The van der Waals surface area contributed by atoms with Gasteiger partial charge < -0.3 is 9.64 Å². The fourth-order valence-corrected chi connectivity index (χ4v) is 4.74. The molecule has 1 aromatic carbocycles. The van der Waals surface area contributed by atoms with E-state index in [2.05, 4.69) is 0 Å². The van der Waals surface area contributed by atoms with Gasteiger partial charge in [0, 0.05) is 25.2 Å². The molecule has 1 saturated heterocycles. The van der Waals surface area contributed by atoms with Gasteiger partial charge >= 0.3 is 0 Å². The van der Waals surface area contributed by atoms with Crippen LogP contribution in [-0.4, -0.2) is 68.2 Å². The molecule has 1 fully saturated rings. The fraction of sp³-hybridized carbons (Fsp3) is 0.467. The molecule has 3 rings (SSSR count). The van der Waals surface area contributed by atoms with Crippen LogP contribution in [-0.2, 0) is 19.6 Å². The second-order valence-corrected chi connectivity index (χ2v) is 7.27. The summed E-state index contributed by atoms with van der Waals surface area (Å²) >= 11 is 0. The molecule has 2 aliphatic heterocycles. The number of likely N-dealkylation sites (N-methyl/N-ethyl adjacent to an activating group) is 1. The van der Waals surface area contributed by atoms with Gasteiger partial charge in [-0.15, -0.1) is 0 Å². The molecule has 7 nitrogen and oxygen atoms in total. The third kappa shape index (κ3) is 2.56. The molecule has 0 N–H and O–H groups in total. The minimum absolute atomic E-state index is 0.0297. The summed E-state index contributed by atoms with van der Waals surface area (Å²) in [5, 5.41) is 0. The lowest BCUT2D eigenvalue weighted by atomic mass is 10.0. The smallest absolute Gasteiger partial charge is 0.249 e. The van der Waals surface area contributed by atoms with E-state index < -0.39 is 27.8 Å². The van der Waals surface area contributed by atoms with Crippen molar-refractivity contribution in [3.05, 3.63) is 29.8 Å². The zero-order chi connectivity index (χ0) is 16.6. The lowest BCUT2D eigenvalue weighted by Crippen LogP contribution is -2.58. The summed E-state index contributed by atoms with van der Waals surface area (Å²) < 4.78 is 31.7. The predicted octanol–water partition coefficient (Wildman–Crippen LogP) is 0.121. The van der Waals surface area contributed by atoms with Crippen LogP contribution in [0.3, 0.4) is 0 Å². The van der Waals surface area contributed by atoms with Crippen molar-refractivity contribution in [1.29, 1.82) is 0 Å². The summed E-state index contributed by atoms with van der Waals surface area (Å²) in [6.07, 6.45) is 0. The molecule has 1 aromatic rings. The maximum absolute atomic E-state index is 12.8. The van der Waals surface area contributed by atoms with Gasteiger partial charge in [-0.05, 0) is 12.1 Å². The fourth-order valence-electron chi connectivity index (χ4n) is 2.98. The first kappa shape index (κ1) is 16.1. The van der Waals surface area contributed by atoms with Crippen molar-refractivity contribution in [1.82, 2.24) is 9.21 Å². The number of nitrogens with zero attached hydrogens (tertiary/aromatic N) is 2. The molecule has 0 aliphatic carbocycles. The highest BCUT2D eigenvalue weighted by molar-refractivity contribution is 7.89. The Bertz CT molecular complexity index is 740. The molecule has 0 unspecified atom stereocenters. The van der Waals surface area contributed by atoms with E-state index in [9.17, 15) is 18.0 Å². The van der Waals surface area contributed by atoms with Crippen molar-refractivity contribution in [2.45, 2.75) is 17.9 Å². The normalized spacial score (nSPS) is 24.3. The Labute approximate surface area is 134 Å². The SMILES string of the molecule is CCN1[C@@H](C(=O)N2CCOCC2)C(=O)c2ccccc2S1(=O)=O. The highest BCUT2D eigenvalue weighted by atomic mass is 32.2. The molecule has 1 atom stereocenters. The molecule has 1 amide bonds. The van der Waals surface area contributed by atoms with E-state index in [1.165, 1.54) is 17.0 Å². The Kier molecular flexibility index (Phi) is 4.22. The monoisotopic (exact) mass is 338 g/mol. The van der Waals surface area contributed by atoms with Gasteiger partial charge in [-0.1, -0.05) is 19.1 Å². The van der Waals surface area contributed by atoms with Crippen LogP contribution in [0, 0.1) is 0 Å². The highest BCUT2D eigenvalue weighted by Crippen LogP contribution is 2.30. The number of sulfonamides is 1. The van der Waals surface area contributed by atoms with E-state index >= 15 is 0 Å². The third-order valence-corrected chi connectivity index (χ3v) is 6.14. The summed E-state index contributed by atoms with van der Waals surface area (Å²) in [4.78, 5) is 27.0. The van der Waals surface area contributed by atoms with Gasteiger partial charge in [-0.3, -0.25) is 9.59 Å². The number of Topliss-reactive ketones (excluding diaryl/α,β-unsaturated/α-hetero) is 1. The number of ketones is 1. The van der Waals surface area contributed by atoms with Gasteiger partial charge in [0.25, 0.3) is 0 Å². The number of hydrogen-bond acceptors (Lipinski definition) is 5. The lowest BCUT2D eigenvalue weighted by Gasteiger charge is -2.37. The quantitative estimate of drug-likeness (QED) is 0.715. The lowest BCUT2D eigenvalue weighted by molar-refractivity contribution is -0.137. The van der Waals surface area contributed by atoms with E-state index in [1.807, 2.05) is 0 Å². The highest BCUT2D eigenvalue weighted by Gasteiger charge is 2.47. The number of rotatable bonds is 2. The first-order valence-corrected chi connectivity index (χ1v) is 8.94. The maximum atomic E-state index is 12.8. The van der Waals surface area contributed by atoms with Crippen molar-refractivity contribution in [3.63, 3.8) is 0 Å². The molecule has 0 bridgehead atoms. The standard InChI is InChI=1S/C15H18N2O5S/c1-2-17-13(15(19)16-7-9-22-10-8-16)14(18)11-5-3-4-6-12(11)23(17,20)21/h3-6,13H,2,7-10H2,1H3/t13-/m1/s1. The number of hydrogen-bond donors (Lipinski definition) is 0. The molecular formula is C15H18N2O5S. The minimum atomic E-state index is -3.86. The molecule has 124 valence electrons. The average Bonchev–Trinajstić information content (AvgIpc) is 2.58. The number of benzene rings is 1. The molecular weight excluding hydrogens is 320 g/mol. The number of fused-ring (bicyclic) bond motifs is 1. The van der Waals surface area contributed by atoms with Crippen LogP contribution in [0.25, 0.3) is 0 Å². The van der Waals surface area contributed by atoms with Crippen LogP contribution in [0.4, 0.5) is 0 Å². The molecule has 2 heterocycles. The second kappa shape index (κ2) is 6.03. The van der Waals surface area contributed by atoms with Crippen LogP contribution in [0.15, 0.2) is 29.2 Å². The van der Waals surface area contributed by atoms with E-state index in [0.29, 0.717) is 26.3 Å². The second-order valence-electron chi connectivity index (χ2n) is 5.41. The summed E-state index contributed by atoms with van der Waals surface area (Å²) in [6, 6.07) is 4.71. The molecule has 0 saturated carbocycles. The predicted molar refractivity (Wildman–Crippen MR) is 81.5 cm³/mol. The van der Waals surface area contributed by atoms with E-state index in [1.54, 1.807) is 19.1 Å². The van der Waals surface area contributed by atoms with Gasteiger partial charge in [0.05, 0.1) is 18.1 Å². The van der Waals surface area contributed by atoms with Gasteiger partial charge in [-0.25, -0.2) is 8.42 Å². The zero-order valence-electron chi connectivity index (χ0n) is 12.8. The average molecular weight is 338 g/mol. The van der Waals surface area contributed by atoms with Crippen molar-refractivity contribution >= 4 is 21.7 Å². The van der Waals surface area contributed by atoms with Gasteiger partial charge in [0.15, 0.2) is 11.8 Å². The van der Waals surface area contributed by atoms with Gasteiger partial charge in [0.2, 0.25) is 15.9 Å². The minimum Gasteiger partial charge on any atom is -0.378 e. The summed E-state index contributed by atoms with van der Waals surface area (Å²) in [5.41, 5.74) is 0.0869. The Morgan fingerprint density at radius 3 is 2.57 bits per heavy atom. The largest absolute Gasteiger partial charge is 0.378 e. The van der Waals surface area contributed by atoms with Crippen LogP contribution in [0.1, 0.15) is 17.3 Å². The van der Waals surface area contributed by atoms with E-state index in [4.69, 9.17) is 4.74 Å². The van der Waals surface area contributed by atoms with Crippen molar-refractivity contribution < 1.29 is 22.7 Å². The van der Waals surface area contributed by atoms with E-state index in [0.717, 1.165) is 4.31 Å². The number of carbonyl (C=O) groups excluding carboxylic acids is 2. The molecule has 0 aromatic heterocycles. The van der Waals surface area contributed by atoms with Crippen LogP contribution >= 0.6 is 0 Å². The van der Waals surface area contributed by atoms with Crippen molar-refractivity contribution in [2.24, 2.45) is 0 Å². The first-order chi connectivity index (χ1) is 11.0. The van der Waals surface area contributed by atoms with Gasteiger partial charge in [-0.2, -0.15) is 4.31 Å². The van der Waals surface area contributed by atoms with Crippen LogP contribution in [0.5, 0.6) is 0 Å². The maximum Gasteiger partial charge on any atom is 0.249 e. The molecule has 0 spiro atoms. The van der Waals surface area contributed by atoms with Gasteiger partial charge in [0.1, 0.15) is 0 Å². The number of morpholine rings is 1. The Balaban J connectivity index is 2.06. The van der Waals surface area contributed by atoms with E-state index in [-0.39, 0.29) is 17.0 Å². The number of carbonyl (C=O) groups is 2. The molecule has 23 heavy (non-hydrogen) atoms. The zero-order valence-corrected chi connectivity index (χ0v) is 13.6.